The summed E-state index contributed by atoms with van der Waals surface area (Å²) >= 11 is 6.82. The topological polar surface area (TPSA) is 55.4 Å². The fourth-order valence-electron chi connectivity index (χ4n) is 2.48. The number of hydrogen-bond donors (Lipinski definition) is 1. The predicted octanol–water partition coefficient (Wildman–Crippen LogP) is 4.52. The van der Waals surface area contributed by atoms with Crippen molar-refractivity contribution in [2.24, 2.45) is 0 Å². The van der Waals surface area contributed by atoms with E-state index in [1.165, 1.54) is 18.9 Å². The Morgan fingerprint density at radius 1 is 1.18 bits per heavy atom. The molecule has 1 saturated carbocycles. The molecule has 0 saturated heterocycles. The van der Waals surface area contributed by atoms with Crippen molar-refractivity contribution >= 4 is 38.6 Å². The summed E-state index contributed by atoms with van der Waals surface area (Å²) in [5.74, 6) is 0.691. The molecule has 0 unspecified atom stereocenters. The molecule has 0 amide bonds. The standard InChI is InChI=1S/C15H16ClNO3S2/c16-14-8-9-15(21-14)22(18,19)17-11-4-3-7-13(10-11)20-12-5-1-2-6-12/h3-4,7-10,12,17H,1-2,5-6H2. The van der Waals surface area contributed by atoms with Gasteiger partial charge in [-0.25, -0.2) is 8.42 Å². The highest BCUT2D eigenvalue weighted by atomic mass is 35.5. The van der Waals surface area contributed by atoms with E-state index in [1.807, 2.05) is 6.07 Å². The summed E-state index contributed by atoms with van der Waals surface area (Å²) in [5, 5.41) is 0. The van der Waals surface area contributed by atoms with E-state index in [0.717, 1.165) is 24.2 Å². The highest BCUT2D eigenvalue weighted by molar-refractivity contribution is 7.94. The van der Waals surface area contributed by atoms with E-state index >= 15 is 0 Å². The Labute approximate surface area is 139 Å². The highest BCUT2D eigenvalue weighted by Crippen LogP contribution is 2.29. The number of hydrogen-bond acceptors (Lipinski definition) is 4. The van der Waals surface area contributed by atoms with Gasteiger partial charge in [0.15, 0.2) is 0 Å². The monoisotopic (exact) mass is 357 g/mol. The summed E-state index contributed by atoms with van der Waals surface area (Å²) in [6.45, 7) is 0. The first-order chi connectivity index (χ1) is 10.5. The van der Waals surface area contributed by atoms with Crippen LogP contribution in [0.15, 0.2) is 40.6 Å². The van der Waals surface area contributed by atoms with Crippen molar-refractivity contribution < 1.29 is 13.2 Å². The third-order valence-electron chi connectivity index (χ3n) is 3.50. The van der Waals surface area contributed by atoms with E-state index in [4.69, 9.17) is 16.3 Å². The molecule has 7 heteroatoms. The highest BCUT2D eigenvalue weighted by Gasteiger charge is 2.18. The summed E-state index contributed by atoms with van der Waals surface area (Å²) in [6.07, 6.45) is 4.74. The lowest BCUT2D eigenvalue weighted by molar-refractivity contribution is 0.210. The van der Waals surface area contributed by atoms with Crippen LogP contribution in [0.1, 0.15) is 25.7 Å². The Bertz CT molecular complexity index is 752. The summed E-state index contributed by atoms with van der Waals surface area (Å²) in [4.78, 5) is 0. The fourth-order valence-corrected chi connectivity index (χ4v) is 5.01. The van der Waals surface area contributed by atoms with Crippen LogP contribution >= 0.6 is 22.9 Å². The lowest BCUT2D eigenvalue weighted by Crippen LogP contribution is -2.13. The molecule has 1 aliphatic rings. The van der Waals surface area contributed by atoms with Gasteiger partial charge in [-0.2, -0.15) is 0 Å². The Hall–Kier alpha value is -1.24. The number of sulfonamides is 1. The van der Waals surface area contributed by atoms with Crippen LogP contribution < -0.4 is 9.46 Å². The summed E-state index contributed by atoms with van der Waals surface area (Å²) in [5.41, 5.74) is 0.486. The number of benzene rings is 1. The third-order valence-corrected chi connectivity index (χ3v) is 6.61. The molecule has 3 rings (SSSR count). The molecular formula is C15H16ClNO3S2. The molecule has 0 spiro atoms. The molecule has 0 atom stereocenters. The van der Waals surface area contributed by atoms with Crippen molar-refractivity contribution in [3.8, 4) is 5.75 Å². The van der Waals surface area contributed by atoms with Crippen LogP contribution in [0.4, 0.5) is 5.69 Å². The van der Waals surface area contributed by atoms with E-state index < -0.39 is 10.0 Å². The maximum Gasteiger partial charge on any atom is 0.271 e. The Morgan fingerprint density at radius 3 is 2.64 bits per heavy atom. The van der Waals surface area contributed by atoms with Crippen LogP contribution in [-0.4, -0.2) is 14.5 Å². The van der Waals surface area contributed by atoms with Crippen molar-refractivity contribution in [2.75, 3.05) is 4.72 Å². The third kappa shape index (κ3) is 3.74. The van der Waals surface area contributed by atoms with Gasteiger partial charge in [-0.1, -0.05) is 17.7 Å². The fraction of sp³-hybridized carbons (Fsp3) is 0.333. The average molecular weight is 358 g/mol. The number of thiophene rings is 1. The molecule has 2 aromatic rings. The molecule has 1 aromatic heterocycles. The van der Waals surface area contributed by atoms with Crippen LogP contribution in [0.2, 0.25) is 4.34 Å². The smallest absolute Gasteiger partial charge is 0.271 e. The summed E-state index contributed by atoms with van der Waals surface area (Å²) in [7, 11) is -3.61. The second-order valence-corrected chi connectivity index (χ2v) is 8.84. The molecule has 0 bridgehead atoms. The van der Waals surface area contributed by atoms with E-state index in [1.54, 1.807) is 24.3 Å². The normalized spacial score (nSPS) is 15.9. The minimum atomic E-state index is -3.61. The Balaban J connectivity index is 1.74. The first kappa shape index (κ1) is 15.6. The van der Waals surface area contributed by atoms with Gasteiger partial charge < -0.3 is 4.74 Å². The lowest BCUT2D eigenvalue weighted by Gasteiger charge is -2.14. The zero-order valence-electron chi connectivity index (χ0n) is 11.8. The van der Waals surface area contributed by atoms with Crippen LogP contribution in [0.5, 0.6) is 5.75 Å². The number of ether oxygens (including phenoxy) is 1. The first-order valence-corrected chi connectivity index (χ1v) is 9.75. The predicted molar refractivity (Wildman–Crippen MR) is 89.5 cm³/mol. The zero-order valence-corrected chi connectivity index (χ0v) is 14.2. The van der Waals surface area contributed by atoms with Gasteiger partial charge in [-0.3, -0.25) is 4.72 Å². The van der Waals surface area contributed by atoms with Crippen molar-refractivity contribution in [2.45, 2.75) is 36.0 Å². The minimum absolute atomic E-state index is 0.194. The number of anilines is 1. The van der Waals surface area contributed by atoms with Gasteiger partial charge in [0.2, 0.25) is 0 Å². The largest absolute Gasteiger partial charge is 0.490 e. The second-order valence-electron chi connectivity index (χ2n) is 5.22. The van der Waals surface area contributed by atoms with Gasteiger partial charge in [-0.15, -0.1) is 11.3 Å². The van der Waals surface area contributed by atoms with Gasteiger partial charge in [-0.05, 0) is 49.9 Å². The molecule has 4 nitrogen and oxygen atoms in total. The summed E-state index contributed by atoms with van der Waals surface area (Å²) in [6, 6.07) is 10.1. The average Bonchev–Trinajstić information content (AvgIpc) is 3.10. The van der Waals surface area contributed by atoms with E-state index in [9.17, 15) is 8.42 Å². The molecule has 1 N–H and O–H groups in total. The van der Waals surface area contributed by atoms with Gasteiger partial charge in [0.1, 0.15) is 9.96 Å². The molecule has 1 heterocycles. The lowest BCUT2D eigenvalue weighted by atomic mass is 10.3. The van der Waals surface area contributed by atoms with Gasteiger partial charge >= 0.3 is 0 Å². The molecule has 0 aliphatic heterocycles. The van der Waals surface area contributed by atoms with Gasteiger partial charge in [0.05, 0.1) is 16.1 Å². The van der Waals surface area contributed by atoms with E-state index in [0.29, 0.717) is 15.8 Å². The molecule has 1 fully saturated rings. The Morgan fingerprint density at radius 2 is 1.95 bits per heavy atom. The number of nitrogens with one attached hydrogen (secondary N) is 1. The van der Waals surface area contributed by atoms with E-state index in [2.05, 4.69) is 4.72 Å². The zero-order chi connectivity index (χ0) is 15.6. The van der Waals surface area contributed by atoms with Crippen molar-refractivity contribution in [3.05, 3.63) is 40.7 Å². The van der Waals surface area contributed by atoms with Gasteiger partial charge in [0, 0.05) is 6.07 Å². The number of halogens is 1. The molecule has 118 valence electrons. The van der Waals surface area contributed by atoms with E-state index in [-0.39, 0.29) is 10.3 Å². The van der Waals surface area contributed by atoms with Gasteiger partial charge in [0.25, 0.3) is 10.0 Å². The molecule has 1 aliphatic carbocycles. The van der Waals surface area contributed by atoms with Crippen LogP contribution in [-0.2, 0) is 10.0 Å². The minimum Gasteiger partial charge on any atom is -0.490 e. The molecule has 22 heavy (non-hydrogen) atoms. The van der Waals surface area contributed by atoms with Crippen LogP contribution in [0.3, 0.4) is 0 Å². The van der Waals surface area contributed by atoms with Crippen LogP contribution in [0.25, 0.3) is 0 Å². The van der Waals surface area contributed by atoms with Crippen LogP contribution in [0, 0.1) is 0 Å². The maximum atomic E-state index is 12.3. The molecule has 1 aromatic carbocycles. The first-order valence-electron chi connectivity index (χ1n) is 7.08. The number of rotatable bonds is 5. The quantitative estimate of drug-likeness (QED) is 0.855. The van der Waals surface area contributed by atoms with Crippen molar-refractivity contribution in [1.82, 2.24) is 0 Å². The summed E-state index contributed by atoms with van der Waals surface area (Å²) < 4.78 is 33.6. The van der Waals surface area contributed by atoms with Crippen molar-refractivity contribution in [3.63, 3.8) is 0 Å². The molecular weight excluding hydrogens is 342 g/mol. The Kier molecular flexibility index (Phi) is 4.61. The second kappa shape index (κ2) is 6.48. The molecule has 0 radical (unpaired) electrons. The maximum absolute atomic E-state index is 12.3. The van der Waals surface area contributed by atoms with Crippen molar-refractivity contribution in [1.29, 1.82) is 0 Å². The SMILES string of the molecule is O=S(=O)(Nc1cccc(OC2CCCC2)c1)c1ccc(Cl)s1.